The first-order valence-corrected chi connectivity index (χ1v) is 12.4. The molecule has 0 spiro atoms. The smallest absolute Gasteiger partial charge is 0.234 e. The van der Waals surface area contributed by atoms with E-state index >= 15 is 0 Å². The third-order valence-corrected chi connectivity index (χ3v) is 6.32. The number of rotatable bonds is 10. The minimum atomic E-state index is -0.378. The predicted octanol–water partition coefficient (Wildman–Crippen LogP) is 5.71. The molecule has 1 unspecified atom stereocenters. The number of para-hydroxylation sites is 1. The van der Waals surface area contributed by atoms with Crippen molar-refractivity contribution in [2.45, 2.75) is 31.5 Å². The monoisotopic (exact) mass is 488 g/mol. The van der Waals surface area contributed by atoms with E-state index in [1.54, 1.807) is 7.11 Å². The molecule has 0 bridgehead atoms. The lowest BCUT2D eigenvalue weighted by Crippen LogP contribution is -2.15. The van der Waals surface area contributed by atoms with Gasteiger partial charge >= 0.3 is 0 Å². The van der Waals surface area contributed by atoms with Gasteiger partial charge in [0.05, 0.1) is 12.9 Å². The van der Waals surface area contributed by atoms with Gasteiger partial charge in [0.2, 0.25) is 5.91 Å². The van der Waals surface area contributed by atoms with Gasteiger partial charge in [0, 0.05) is 11.4 Å². The number of amides is 1. The molecule has 4 aromatic rings. The summed E-state index contributed by atoms with van der Waals surface area (Å²) in [7, 11) is 1.63. The lowest BCUT2D eigenvalue weighted by Gasteiger charge is -2.17. The lowest BCUT2D eigenvalue weighted by atomic mass is 10.1. The summed E-state index contributed by atoms with van der Waals surface area (Å²) in [4.78, 5) is 12.6. The Morgan fingerprint density at radius 1 is 0.971 bits per heavy atom. The highest BCUT2D eigenvalue weighted by Gasteiger charge is 2.21. The van der Waals surface area contributed by atoms with Gasteiger partial charge in [-0.3, -0.25) is 9.36 Å². The number of benzene rings is 3. The Bertz CT molecular complexity index is 1240. The Balaban J connectivity index is 1.50. The molecule has 7 nitrogen and oxygen atoms in total. The first-order chi connectivity index (χ1) is 17.1. The first-order valence-electron chi connectivity index (χ1n) is 11.4. The lowest BCUT2D eigenvalue weighted by molar-refractivity contribution is -0.113. The van der Waals surface area contributed by atoms with Crippen LogP contribution in [0.4, 0.5) is 5.69 Å². The molecular formula is C27H28N4O3S. The molecule has 35 heavy (non-hydrogen) atoms. The van der Waals surface area contributed by atoms with Crippen LogP contribution in [0.3, 0.4) is 0 Å². The number of aryl methyl sites for hydroxylation is 1. The summed E-state index contributed by atoms with van der Waals surface area (Å²) >= 11 is 1.33. The molecule has 1 heterocycles. The molecule has 0 aliphatic rings. The zero-order chi connectivity index (χ0) is 24.6. The number of nitrogens with one attached hydrogen (secondary N) is 1. The van der Waals surface area contributed by atoms with E-state index in [4.69, 9.17) is 9.47 Å². The van der Waals surface area contributed by atoms with Gasteiger partial charge < -0.3 is 14.8 Å². The highest BCUT2D eigenvalue weighted by Crippen LogP contribution is 2.28. The van der Waals surface area contributed by atoms with Crippen molar-refractivity contribution in [1.29, 1.82) is 0 Å². The fraction of sp³-hybridized carbons (Fsp3) is 0.222. The molecule has 0 aliphatic heterocycles. The van der Waals surface area contributed by atoms with E-state index < -0.39 is 0 Å². The molecule has 1 N–H and O–H groups in total. The highest BCUT2D eigenvalue weighted by atomic mass is 32.2. The Kier molecular flexibility index (Phi) is 8.05. The fourth-order valence-corrected chi connectivity index (χ4v) is 4.28. The minimum absolute atomic E-state index is 0.106. The Morgan fingerprint density at radius 2 is 1.66 bits per heavy atom. The van der Waals surface area contributed by atoms with Gasteiger partial charge in [-0.2, -0.15) is 0 Å². The summed E-state index contributed by atoms with van der Waals surface area (Å²) in [5.74, 6) is 2.20. The standard InChI is InChI=1S/C27H28N4O3S/c1-4-20-10-12-21(13-11-20)28-25(32)18-35-27-30-29-26(31(27)22-8-6-5-7-9-22)19(2)34-24-16-14-23(33-3)15-17-24/h5-17,19H,4,18H2,1-3H3,(H,28,32). The number of anilines is 1. The molecule has 0 saturated heterocycles. The van der Waals surface area contributed by atoms with Crippen molar-refractivity contribution in [3.8, 4) is 17.2 Å². The topological polar surface area (TPSA) is 78.3 Å². The summed E-state index contributed by atoms with van der Waals surface area (Å²) in [6.07, 6.45) is 0.582. The largest absolute Gasteiger partial charge is 0.497 e. The van der Waals surface area contributed by atoms with Crippen molar-refractivity contribution in [3.05, 3.63) is 90.3 Å². The van der Waals surface area contributed by atoms with Crippen molar-refractivity contribution >= 4 is 23.4 Å². The van der Waals surface area contributed by atoms with Crippen LogP contribution in [0.1, 0.15) is 31.3 Å². The minimum Gasteiger partial charge on any atom is -0.497 e. The van der Waals surface area contributed by atoms with Crippen LogP contribution in [0, 0.1) is 0 Å². The molecule has 4 rings (SSSR count). The third kappa shape index (κ3) is 6.22. The molecule has 1 aromatic heterocycles. The second-order valence-electron chi connectivity index (χ2n) is 7.83. The average Bonchev–Trinajstić information content (AvgIpc) is 3.33. The number of ether oxygens (including phenoxy) is 2. The summed E-state index contributed by atoms with van der Waals surface area (Å²) in [6.45, 7) is 4.03. The van der Waals surface area contributed by atoms with Crippen molar-refractivity contribution in [2.24, 2.45) is 0 Å². The number of hydrogen-bond donors (Lipinski definition) is 1. The van der Waals surface area contributed by atoms with Crippen LogP contribution in [0.15, 0.2) is 84.0 Å². The van der Waals surface area contributed by atoms with Gasteiger partial charge in [-0.15, -0.1) is 10.2 Å². The van der Waals surface area contributed by atoms with Crippen LogP contribution in [-0.2, 0) is 11.2 Å². The van der Waals surface area contributed by atoms with Gasteiger partial charge in [0.15, 0.2) is 17.1 Å². The normalized spacial score (nSPS) is 11.6. The number of nitrogens with zero attached hydrogens (tertiary/aromatic N) is 3. The molecule has 180 valence electrons. The number of methoxy groups -OCH3 is 1. The van der Waals surface area contributed by atoms with Crippen molar-refractivity contribution in [3.63, 3.8) is 0 Å². The summed E-state index contributed by atoms with van der Waals surface area (Å²) in [5, 5.41) is 12.4. The number of thioether (sulfide) groups is 1. The maximum Gasteiger partial charge on any atom is 0.234 e. The van der Waals surface area contributed by atoms with Crippen LogP contribution in [0.2, 0.25) is 0 Å². The number of aromatic nitrogens is 3. The molecule has 0 radical (unpaired) electrons. The van der Waals surface area contributed by atoms with E-state index in [1.165, 1.54) is 17.3 Å². The van der Waals surface area contributed by atoms with Crippen LogP contribution in [-0.4, -0.2) is 33.5 Å². The Morgan fingerprint density at radius 3 is 2.31 bits per heavy atom. The summed E-state index contributed by atoms with van der Waals surface area (Å²) in [6, 6.07) is 25.1. The van der Waals surface area contributed by atoms with E-state index in [2.05, 4.69) is 22.4 Å². The van der Waals surface area contributed by atoms with Gasteiger partial charge in [-0.25, -0.2) is 0 Å². The number of carbonyl (C=O) groups excluding carboxylic acids is 1. The molecule has 3 aromatic carbocycles. The summed E-state index contributed by atoms with van der Waals surface area (Å²) in [5.41, 5.74) is 2.90. The van der Waals surface area contributed by atoms with Crippen LogP contribution >= 0.6 is 11.8 Å². The second-order valence-corrected chi connectivity index (χ2v) is 8.78. The Labute approximate surface area is 209 Å². The van der Waals surface area contributed by atoms with Gasteiger partial charge in [-0.05, 0) is 67.4 Å². The molecule has 1 atom stereocenters. The van der Waals surface area contributed by atoms with Gasteiger partial charge in [0.1, 0.15) is 11.5 Å². The maximum atomic E-state index is 12.6. The number of carbonyl (C=O) groups is 1. The SMILES string of the molecule is CCc1ccc(NC(=O)CSc2nnc(C(C)Oc3ccc(OC)cc3)n2-c2ccccc2)cc1. The summed E-state index contributed by atoms with van der Waals surface area (Å²) < 4.78 is 13.3. The predicted molar refractivity (Wildman–Crippen MR) is 139 cm³/mol. The van der Waals surface area contributed by atoms with Gasteiger partial charge in [-0.1, -0.05) is 49.0 Å². The van der Waals surface area contributed by atoms with E-state index in [-0.39, 0.29) is 17.8 Å². The Hall–Kier alpha value is -3.78. The van der Waals surface area contributed by atoms with E-state index in [1.807, 2.05) is 90.4 Å². The van der Waals surface area contributed by atoms with Crippen molar-refractivity contribution in [1.82, 2.24) is 14.8 Å². The fourth-order valence-electron chi connectivity index (χ4n) is 3.52. The molecule has 1 amide bonds. The molecule has 8 heteroatoms. The zero-order valence-electron chi connectivity index (χ0n) is 20.0. The number of hydrogen-bond acceptors (Lipinski definition) is 6. The molecule has 0 fully saturated rings. The molecule has 0 saturated carbocycles. The maximum absolute atomic E-state index is 12.6. The van der Waals surface area contributed by atoms with E-state index in [0.717, 1.165) is 23.5 Å². The zero-order valence-corrected chi connectivity index (χ0v) is 20.8. The van der Waals surface area contributed by atoms with Crippen LogP contribution in [0.25, 0.3) is 5.69 Å². The average molecular weight is 489 g/mol. The first kappa shape index (κ1) is 24.3. The molecular weight excluding hydrogens is 460 g/mol. The van der Waals surface area contributed by atoms with Crippen molar-refractivity contribution in [2.75, 3.05) is 18.2 Å². The van der Waals surface area contributed by atoms with Crippen molar-refractivity contribution < 1.29 is 14.3 Å². The van der Waals surface area contributed by atoms with Crippen LogP contribution in [0.5, 0.6) is 11.5 Å². The quantitative estimate of drug-likeness (QED) is 0.288. The third-order valence-electron chi connectivity index (χ3n) is 5.39. The van der Waals surface area contributed by atoms with E-state index in [0.29, 0.717) is 16.7 Å². The molecule has 0 aliphatic carbocycles. The van der Waals surface area contributed by atoms with Crippen LogP contribution < -0.4 is 14.8 Å². The van der Waals surface area contributed by atoms with E-state index in [9.17, 15) is 4.79 Å². The van der Waals surface area contributed by atoms with Gasteiger partial charge in [0.25, 0.3) is 0 Å². The highest BCUT2D eigenvalue weighted by molar-refractivity contribution is 7.99. The second kappa shape index (κ2) is 11.6.